The molecule has 1 N–H and O–H groups in total. The van der Waals surface area contributed by atoms with E-state index in [0.717, 1.165) is 16.9 Å². The first-order chi connectivity index (χ1) is 13.9. The maximum atomic E-state index is 12.8. The Morgan fingerprint density at radius 1 is 1.17 bits per heavy atom. The monoisotopic (exact) mass is 431 g/mol. The Kier molecular flexibility index (Phi) is 6.74. The lowest BCUT2D eigenvalue weighted by Gasteiger charge is -2.18. The molecule has 8 heteroatoms. The summed E-state index contributed by atoms with van der Waals surface area (Å²) in [4.78, 5) is 17.9. The zero-order chi connectivity index (χ0) is 21.0. The molecule has 6 nitrogen and oxygen atoms in total. The summed E-state index contributed by atoms with van der Waals surface area (Å²) in [5, 5.41) is 3.03. The Labute approximate surface area is 179 Å². The molecule has 1 amide bonds. The number of thiazole rings is 1. The van der Waals surface area contributed by atoms with E-state index in [4.69, 9.17) is 21.1 Å². The van der Waals surface area contributed by atoms with Crippen LogP contribution in [0.3, 0.4) is 0 Å². The number of aryl methyl sites for hydroxylation is 1. The van der Waals surface area contributed by atoms with Crippen LogP contribution in [-0.4, -0.2) is 37.2 Å². The summed E-state index contributed by atoms with van der Waals surface area (Å²) < 4.78 is 10.6. The van der Waals surface area contributed by atoms with E-state index in [1.807, 2.05) is 44.3 Å². The molecule has 0 saturated carbocycles. The molecule has 0 unspecified atom stereocenters. The normalized spacial score (nSPS) is 10.8. The lowest BCUT2D eigenvalue weighted by Crippen LogP contribution is -2.38. The van der Waals surface area contributed by atoms with Crippen LogP contribution in [0.25, 0.3) is 10.6 Å². The standard InChI is InChI=1S/C21H22ClN3O3S/c1-13-19(29-21(23-13)17-10-7-15(22)11-18(17)28-4)20(26)24-25(2)12-14-5-8-16(27-3)9-6-14/h5-11H,12H2,1-4H3,(H,24,26). The number of aromatic nitrogens is 1. The molecule has 0 aliphatic rings. The second-order valence-corrected chi connectivity index (χ2v) is 7.86. The highest BCUT2D eigenvalue weighted by Gasteiger charge is 2.19. The molecule has 3 rings (SSSR count). The average Bonchev–Trinajstić information content (AvgIpc) is 3.09. The van der Waals surface area contributed by atoms with Gasteiger partial charge in [-0.25, -0.2) is 9.99 Å². The Hall–Kier alpha value is -2.61. The number of benzene rings is 2. The van der Waals surface area contributed by atoms with Crippen molar-refractivity contribution in [1.29, 1.82) is 0 Å². The number of carbonyl (C=O) groups excluding carboxylic acids is 1. The maximum absolute atomic E-state index is 12.8. The van der Waals surface area contributed by atoms with Gasteiger partial charge in [-0.1, -0.05) is 23.7 Å². The summed E-state index contributed by atoms with van der Waals surface area (Å²) in [7, 11) is 5.03. The van der Waals surface area contributed by atoms with Gasteiger partial charge in [0.05, 0.1) is 25.5 Å². The Balaban J connectivity index is 1.73. The number of ether oxygens (including phenoxy) is 2. The zero-order valence-electron chi connectivity index (χ0n) is 16.7. The molecule has 0 aliphatic heterocycles. The first kappa shape index (κ1) is 21.1. The van der Waals surface area contributed by atoms with Crippen LogP contribution in [0, 0.1) is 6.92 Å². The minimum absolute atomic E-state index is 0.199. The summed E-state index contributed by atoms with van der Waals surface area (Å²) >= 11 is 7.36. The van der Waals surface area contributed by atoms with Crippen molar-refractivity contribution in [2.24, 2.45) is 0 Å². The van der Waals surface area contributed by atoms with Gasteiger partial charge in [0.25, 0.3) is 5.91 Å². The molecule has 0 bridgehead atoms. The summed E-state index contributed by atoms with van der Waals surface area (Å²) in [6.45, 7) is 2.38. The lowest BCUT2D eigenvalue weighted by molar-refractivity contribution is 0.0823. The molecule has 0 aliphatic carbocycles. The topological polar surface area (TPSA) is 63.7 Å². The summed E-state index contributed by atoms with van der Waals surface area (Å²) in [6, 6.07) is 13.1. The van der Waals surface area contributed by atoms with Crippen LogP contribution in [-0.2, 0) is 6.54 Å². The third kappa shape index (κ3) is 5.06. The van der Waals surface area contributed by atoms with Gasteiger partial charge < -0.3 is 9.47 Å². The highest BCUT2D eigenvalue weighted by atomic mass is 35.5. The average molecular weight is 432 g/mol. The van der Waals surface area contributed by atoms with E-state index in [2.05, 4.69) is 10.4 Å². The molecule has 0 atom stereocenters. The van der Waals surface area contributed by atoms with Crippen LogP contribution in [0.1, 0.15) is 20.9 Å². The summed E-state index contributed by atoms with van der Waals surface area (Å²) in [6.07, 6.45) is 0. The highest BCUT2D eigenvalue weighted by Crippen LogP contribution is 2.36. The van der Waals surface area contributed by atoms with Gasteiger partial charge in [-0.3, -0.25) is 10.2 Å². The molecule has 3 aromatic rings. The first-order valence-electron chi connectivity index (χ1n) is 8.87. The molecule has 0 spiro atoms. The van der Waals surface area contributed by atoms with Crippen molar-refractivity contribution in [2.75, 3.05) is 21.3 Å². The number of rotatable bonds is 7. The molecule has 152 valence electrons. The van der Waals surface area contributed by atoms with E-state index in [0.29, 0.717) is 32.9 Å². The SMILES string of the molecule is COc1ccc(CN(C)NC(=O)c2sc(-c3ccc(Cl)cc3OC)nc2C)cc1. The number of nitrogens with one attached hydrogen (secondary N) is 1. The van der Waals surface area contributed by atoms with Gasteiger partial charge in [-0.2, -0.15) is 0 Å². The number of hydrogen-bond donors (Lipinski definition) is 1. The van der Waals surface area contributed by atoms with Crippen molar-refractivity contribution >= 4 is 28.8 Å². The molecule has 2 aromatic carbocycles. The fourth-order valence-corrected chi connectivity index (χ4v) is 3.98. The minimum atomic E-state index is -0.199. The van der Waals surface area contributed by atoms with E-state index in [1.54, 1.807) is 31.4 Å². The predicted molar refractivity (Wildman–Crippen MR) is 116 cm³/mol. The molecule has 1 heterocycles. The van der Waals surface area contributed by atoms with Crippen LogP contribution in [0.15, 0.2) is 42.5 Å². The third-order valence-electron chi connectivity index (χ3n) is 4.27. The highest BCUT2D eigenvalue weighted by molar-refractivity contribution is 7.17. The molecule has 0 radical (unpaired) electrons. The second kappa shape index (κ2) is 9.26. The van der Waals surface area contributed by atoms with Crippen molar-refractivity contribution in [3.8, 4) is 22.1 Å². The van der Waals surface area contributed by atoms with E-state index in [1.165, 1.54) is 11.3 Å². The van der Waals surface area contributed by atoms with E-state index in [9.17, 15) is 4.79 Å². The fourth-order valence-electron chi connectivity index (χ4n) is 2.83. The number of hydrazine groups is 1. The number of nitrogens with zero attached hydrogens (tertiary/aromatic N) is 2. The van der Waals surface area contributed by atoms with Gasteiger partial charge in [0.2, 0.25) is 0 Å². The van der Waals surface area contributed by atoms with Crippen molar-refractivity contribution < 1.29 is 14.3 Å². The minimum Gasteiger partial charge on any atom is -0.497 e. The predicted octanol–water partition coefficient (Wildman–Crippen LogP) is 4.57. The van der Waals surface area contributed by atoms with Gasteiger partial charge in [0, 0.05) is 18.6 Å². The van der Waals surface area contributed by atoms with Crippen molar-refractivity contribution in [3.63, 3.8) is 0 Å². The fraction of sp³-hybridized carbons (Fsp3) is 0.238. The van der Waals surface area contributed by atoms with Gasteiger partial charge in [-0.15, -0.1) is 11.3 Å². The van der Waals surface area contributed by atoms with Crippen LogP contribution >= 0.6 is 22.9 Å². The smallest absolute Gasteiger partial charge is 0.277 e. The quantitative estimate of drug-likeness (QED) is 0.555. The van der Waals surface area contributed by atoms with Crippen molar-refractivity contribution in [2.45, 2.75) is 13.5 Å². The third-order valence-corrected chi connectivity index (χ3v) is 5.69. The lowest BCUT2D eigenvalue weighted by atomic mass is 10.2. The molecular formula is C21H22ClN3O3S. The van der Waals surface area contributed by atoms with E-state index < -0.39 is 0 Å². The largest absolute Gasteiger partial charge is 0.497 e. The van der Waals surface area contributed by atoms with Crippen LogP contribution in [0.4, 0.5) is 0 Å². The number of hydrogen-bond acceptors (Lipinski definition) is 6. The number of halogens is 1. The van der Waals surface area contributed by atoms with Gasteiger partial charge in [0.15, 0.2) is 0 Å². The number of amides is 1. The second-order valence-electron chi connectivity index (χ2n) is 6.42. The summed E-state index contributed by atoms with van der Waals surface area (Å²) in [5.74, 6) is 1.22. The first-order valence-corrected chi connectivity index (χ1v) is 10.1. The molecule has 0 fully saturated rings. The van der Waals surface area contributed by atoms with Crippen LogP contribution < -0.4 is 14.9 Å². The Morgan fingerprint density at radius 3 is 2.55 bits per heavy atom. The van der Waals surface area contributed by atoms with Gasteiger partial charge >= 0.3 is 0 Å². The zero-order valence-corrected chi connectivity index (χ0v) is 18.2. The Morgan fingerprint density at radius 2 is 1.90 bits per heavy atom. The van der Waals surface area contributed by atoms with Gasteiger partial charge in [0.1, 0.15) is 21.4 Å². The maximum Gasteiger partial charge on any atom is 0.277 e. The molecule has 1 aromatic heterocycles. The Bertz CT molecular complexity index is 1000. The van der Waals surface area contributed by atoms with Crippen molar-refractivity contribution in [3.05, 3.63) is 63.6 Å². The number of carbonyl (C=O) groups is 1. The van der Waals surface area contributed by atoms with Crippen molar-refractivity contribution in [1.82, 2.24) is 15.4 Å². The number of methoxy groups -OCH3 is 2. The summed E-state index contributed by atoms with van der Waals surface area (Å²) in [5.41, 5.74) is 5.42. The van der Waals surface area contributed by atoms with Crippen LogP contribution in [0.2, 0.25) is 5.02 Å². The van der Waals surface area contributed by atoms with Crippen LogP contribution in [0.5, 0.6) is 11.5 Å². The van der Waals surface area contributed by atoms with E-state index >= 15 is 0 Å². The molecular weight excluding hydrogens is 410 g/mol. The molecule has 29 heavy (non-hydrogen) atoms. The van der Waals surface area contributed by atoms with E-state index in [-0.39, 0.29) is 5.91 Å². The van der Waals surface area contributed by atoms with Gasteiger partial charge in [-0.05, 0) is 42.8 Å². The molecule has 0 saturated heterocycles.